The predicted octanol–water partition coefficient (Wildman–Crippen LogP) is 3.05. The number of fused-ring (bicyclic) bond motifs is 2. The molecule has 0 N–H and O–H groups in total. The van der Waals surface area contributed by atoms with Crippen molar-refractivity contribution in [2.24, 2.45) is 0 Å². The Labute approximate surface area is 128 Å². The first-order valence-electron chi connectivity index (χ1n) is 6.58. The number of hydrogen-bond donors (Lipinski definition) is 0. The van der Waals surface area contributed by atoms with Crippen molar-refractivity contribution in [3.05, 3.63) is 57.9 Å². The molecule has 110 valence electrons. The largest absolute Gasteiger partial charge is 0.326 e. The Hall–Kier alpha value is -2.58. The number of rotatable bonds is 2. The van der Waals surface area contributed by atoms with Crippen molar-refractivity contribution >= 4 is 32.4 Å². The zero-order valence-corrected chi connectivity index (χ0v) is 12.1. The van der Waals surface area contributed by atoms with Gasteiger partial charge in [0, 0.05) is 6.07 Å². The fraction of sp³-hybridized carbons (Fsp3) is 0.143. The summed E-state index contributed by atoms with van der Waals surface area (Å²) in [7, 11) is 0. The third-order valence-corrected chi connectivity index (χ3v) is 4.51. The van der Waals surface area contributed by atoms with E-state index in [1.54, 1.807) is 5.06 Å². The van der Waals surface area contributed by atoms with Crippen LogP contribution in [0.25, 0.3) is 10.2 Å². The SMILES string of the molecule is O=[N+]([O-])c1cc2c(N3Cc4ccccc4CO3)ncnc2s1. The van der Waals surface area contributed by atoms with Gasteiger partial charge < -0.3 is 0 Å². The average Bonchev–Trinajstić information content (AvgIpc) is 2.99. The number of nitro groups is 1. The van der Waals surface area contributed by atoms with Crippen LogP contribution in [0.4, 0.5) is 10.8 Å². The third kappa shape index (κ3) is 2.09. The van der Waals surface area contributed by atoms with Gasteiger partial charge in [0.15, 0.2) is 5.82 Å². The van der Waals surface area contributed by atoms with Crippen molar-refractivity contribution in [2.45, 2.75) is 13.2 Å². The van der Waals surface area contributed by atoms with Gasteiger partial charge in [0.2, 0.25) is 0 Å². The standard InChI is InChI=1S/C14H10N4O3S/c19-18(20)12-5-11-13(15-8-16-14(11)22-12)17-6-9-3-1-2-4-10(9)7-21-17/h1-5,8H,6-7H2. The molecule has 0 atom stereocenters. The highest BCUT2D eigenvalue weighted by Gasteiger charge is 2.23. The molecule has 3 heterocycles. The van der Waals surface area contributed by atoms with Crippen LogP contribution in [-0.2, 0) is 18.0 Å². The number of thiophene rings is 1. The molecule has 1 aliphatic rings. The summed E-state index contributed by atoms with van der Waals surface area (Å²) in [5.41, 5.74) is 2.30. The van der Waals surface area contributed by atoms with Crippen molar-refractivity contribution < 1.29 is 9.76 Å². The second kappa shape index (κ2) is 5.00. The van der Waals surface area contributed by atoms with Crippen LogP contribution in [0.3, 0.4) is 0 Å². The van der Waals surface area contributed by atoms with Gasteiger partial charge in [0.1, 0.15) is 17.8 Å². The van der Waals surface area contributed by atoms with Crippen LogP contribution < -0.4 is 5.06 Å². The molecule has 3 aromatic rings. The third-order valence-electron chi connectivity index (χ3n) is 3.52. The van der Waals surface area contributed by atoms with Crippen LogP contribution >= 0.6 is 11.3 Å². The zero-order chi connectivity index (χ0) is 15.1. The summed E-state index contributed by atoms with van der Waals surface area (Å²) in [6, 6.07) is 9.52. The Morgan fingerprint density at radius 1 is 1.27 bits per heavy atom. The average molecular weight is 314 g/mol. The summed E-state index contributed by atoms with van der Waals surface area (Å²) < 4.78 is 0. The van der Waals surface area contributed by atoms with E-state index in [0.717, 1.165) is 22.5 Å². The Morgan fingerprint density at radius 3 is 2.91 bits per heavy atom. The normalized spacial score (nSPS) is 14.1. The van der Waals surface area contributed by atoms with Gasteiger partial charge in [-0.25, -0.2) is 15.0 Å². The molecule has 2 aromatic heterocycles. The van der Waals surface area contributed by atoms with E-state index in [4.69, 9.17) is 4.84 Å². The van der Waals surface area contributed by atoms with Crippen molar-refractivity contribution in [3.63, 3.8) is 0 Å². The quantitative estimate of drug-likeness (QED) is 0.534. The van der Waals surface area contributed by atoms with E-state index in [1.165, 1.54) is 12.4 Å². The first-order chi connectivity index (χ1) is 10.7. The molecular weight excluding hydrogens is 304 g/mol. The lowest BCUT2D eigenvalue weighted by Gasteiger charge is -2.28. The molecule has 8 heteroatoms. The van der Waals surface area contributed by atoms with E-state index >= 15 is 0 Å². The Kier molecular flexibility index (Phi) is 2.98. The minimum atomic E-state index is -0.414. The lowest BCUT2D eigenvalue weighted by atomic mass is 10.1. The van der Waals surface area contributed by atoms with Crippen molar-refractivity contribution in [2.75, 3.05) is 5.06 Å². The lowest BCUT2D eigenvalue weighted by molar-refractivity contribution is -0.380. The summed E-state index contributed by atoms with van der Waals surface area (Å²) in [6.45, 7) is 1.000. The number of hydroxylamine groups is 1. The number of aromatic nitrogens is 2. The lowest BCUT2D eigenvalue weighted by Crippen LogP contribution is -2.28. The number of nitrogens with zero attached hydrogens (tertiary/aromatic N) is 4. The fourth-order valence-corrected chi connectivity index (χ4v) is 3.26. The molecule has 0 bridgehead atoms. The minimum absolute atomic E-state index is 0.0501. The number of anilines is 1. The van der Waals surface area contributed by atoms with E-state index in [-0.39, 0.29) is 5.00 Å². The van der Waals surface area contributed by atoms with Crippen molar-refractivity contribution in [1.82, 2.24) is 9.97 Å². The topological polar surface area (TPSA) is 81.4 Å². The Morgan fingerprint density at radius 2 is 2.09 bits per heavy atom. The minimum Gasteiger partial charge on any atom is -0.267 e. The van der Waals surface area contributed by atoms with Crippen LogP contribution in [0.5, 0.6) is 0 Å². The second-order valence-electron chi connectivity index (χ2n) is 4.84. The highest BCUT2D eigenvalue weighted by atomic mass is 32.1. The molecule has 0 amide bonds. The van der Waals surface area contributed by atoms with Crippen molar-refractivity contribution in [1.29, 1.82) is 0 Å². The predicted molar refractivity (Wildman–Crippen MR) is 81.5 cm³/mol. The highest BCUT2D eigenvalue weighted by molar-refractivity contribution is 7.21. The van der Waals surface area contributed by atoms with E-state index < -0.39 is 4.92 Å². The van der Waals surface area contributed by atoms with E-state index in [9.17, 15) is 10.1 Å². The molecule has 22 heavy (non-hydrogen) atoms. The van der Waals surface area contributed by atoms with Crippen LogP contribution in [-0.4, -0.2) is 14.9 Å². The maximum atomic E-state index is 10.9. The van der Waals surface area contributed by atoms with Gasteiger partial charge in [0.25, 0.3) is 0 Å². The molecule has 1 aliphatic heterocycles. The molecule has 0 aliphatic carbocycles. The molecule has 7 nitrogen and oxygen atoms in total. The molecular formula is C14H10N4O3S. The van der Waals surface area contributed by atoms with E-state index in [0.29, 0.717) is 29.2 Å². The summed E-state index contributed by atoms with van der Waals surface area (Å²) in [5, 5.41) is 13.3. The van der Waals surface area contributed by atoms with E-state index in [1.807, 2.05) is 24.3 Å². The molecule has 0 saturated carbocycles. The van der Waals surface area contributed by atoms with Gasteiger partial charge in [-0.1, -0.05) is 24.3 Å². The summed E-state index contributed by atoms with van der Waals surface area (Å²) >= 11 is 1.04. The van der Waals surface area contributed by atoms with Gasteiger partial charge >= 0.3 is 5.00 Å². The van der Waals surface area contributed by atoms with Crippen molar-refractivity contribution in [3.8, 4) is 0 Å². The molecule has 0 spiro atoms. The van der Waals surface area contributed by atoms with Crippen LogP contribution in [0, 0.1) is 10.1 Å². The summed E-state index contributed by atoms with van der Waals surface area (Å²) in [6.07, 6.45) is 1.40. The monoisotopic (exact) mass is 314 g/mol. The smallest absolute Gasteiger partial charge is 0.267 e. The van der Waals surface area contributed by atoms with Gasteiger partial charge in [0.05, 0.1) is 16.9 Å². The zero-order valence-electron chi connectivity index (χ0n) is 11.3. The molecule has 0 saturated heterocycles. The number of hydrogen-bond acceptors (Lipinski definition) is 7. The first kappa shape index (κ1) is 13.1. The molecule has 0 fully saturated rings. The fourth-order valence-electron chi connectivity index (χ4n) is 2.46. The molecule has 4 rings (SSSR count). The Bertz CT molecular complexity index is 879. The number of benzene rings is 1. The summed E-state index contributed by atoms with van der Waals surface area (Å²) in [4.78, 5) is 25.2. The van der Waals surface area contributed by atoms with Gasteiger partial charge in [-0.15, -0.1) is 0 Å². The summed E-state index contributed by atoms with van der Waals surface area (Å²) in [5.74, 6) is 0.559. The first-order valence-corrected chi connectivity index (χ1v) is 7.40. The maximum Gasteiger partial charge on any atom is 0.326 e. The van der Waals surface area contributed by atoms with Crippen LogP contribution in [0.2, 0.25) is 0 Å². The van der Waals surface area contributed by atoms with E-state index in [2.05, 4.69) is 9.97 Å². The van der Waals surface area contributed by atoms with Gasteiger partial charge in [-0.2, -0.15) is 0 Å². The van der Waals surface area contributed by atoms with Crippen LogP contribution in [0.15, 0.2) is 36.7 Å². The molecule has 0 unspecified atom stereocenters. The molecule has 1 aromatic carbocycles. The maximum absolute atomic E-state index is 10.9. The molecule has 0 radical (unpaired) electrons. The second-order valence-corrected chi connectivity index (χ2v) is 5.85. The highest BCUT2D eigenvalue weighted by Crippen LogP contribution is 2.36. The van der Waals surface area contributed by atoms with Gasteiger partial charge in [-0.3, -0.25) is 15.0 Å². The van der Waals surface area contributed by atoms with Gasteiger partial charge in [-0.05, 0) is 22.5 Å². The van der Waals surface area contributed by atoms with Crippen LogP contribution in [0.1, 0.15) is 11.1 Å². The Balaban J connectivity index is 1.77.